The predicted molar refractivity (Wildman–Crippen MR) is 364 cm³/mol. The van der Waals surface area contributed by atoms with Crippen molar-refractivity contribution in [2.45, 2.75) is 82.2 Å². The summed E-state index contributed by atoms with van der Waals surface area (Å²) in [5, 5.41) is 59.0. The van der Waals surface area contributed by atoms with E-state index in [0.29, 0.717) is 55.4 Å². The molecule has 5 aromatic carbocycles. The number of nitrogens with two attached hydrogens (primary N) is 2. The van der Waals surface area contributed by atoms with Gasteiger partial charge < -0.3 is 73.3 Å². The van der Waals surface area contributed by atoms with E-state index in [0.717, 1.165) is 22.3 Å². The number of phenolic OH excluding ortho intramolecular Hbond substituents is 1. The zero-order valence-corrected chi connectivity index (χ0v) is 54.7. The number of unbranched alkanes of at least 4 members (excludes halogenated alkanes) is 1. The number of nitrogens with one attached hydrogen (secondary N) is 7. The number of benzene rings is 5. The van der Waals surface area contributed by atoms with E-state index in [1.807, 2.05) is 84.9 Å². The largest absolute Gasteiger partial charge is 0.508 e. The number of carbonyl (C=O) groups excluding carboxylic acids is 6. The molecule has 15 N–H and O–H groups in total. The number of aromatic hydroxyl groups is 1. The van der Waals surface area contributed by atoms with Crippen molar-refractivity contribution in [1.82, 2.24) is 56.8 Å². The fourth-order valence-electron chi connectivity index (χ4n) is 10.9. The Morgan fingerprint density at radius 1 is 0.567 bits per heavy atom. The monoisotopic (exact) mass is 1340 g/mol. The molecular formula is C69H92N14O14. The van der Waals surface area contributed by atoms with Crippen molar-refractivity contribution in [2.75, 3.05) is 105 Å². The van der Waals surface area contributed by atoms with Crippen LogP contribution in [0.3, 0.4) is 0 Å². The predicted octanol–water partition coefficient (Wildman–Crippen LogP) is 1.72. The van der Waals surface area contributed by atoms with E-state index in [-0.39, 0.29) is 129 Å². The van der Waals surface area contributed by atoms with Crippen molar-refractivity contribution in [3.05, 3.63) is 156 Å². The number of carboxylic acids is 3. The van der Waals surface area contributed by atoms with E-state index in [2.05, 4.69) is 42.2 Å². The molecule has 1 unspecified atom stereocenters. The van der Waals surface area contributed by atoms with Crippen LogP contribution in [0.4, 0.5) is 4.79 Å². The minimum atomic E-state index is -1.22. The molecule has 1 fully saturated rings. The van der Waals surface area contributed by atoms with Crippen molar-refractivity contribution in [2.24, 2.45) is 16.5 Å². The number of carbonyl (C=O) groups is 9. The van der Waals surface area contributed by atoms with Crippen molar-refractivity contribution < 1.29 is 68.3 Å². The van der Waals surface area contributed by atoms with Crippen LogP contribution >= 0.6 is 0 Å². The molecule has 0 saturated carbocycles. The normalized spacial score (nSPS) is 15.3. The van der Waals surface area contributed by atoms with Crippen molar-refractivity contribution in [3.8, 4) is 22.6 Å². The van der Waals surface area contributed by atoms with Crippen LogP contribution < -0.4 is 53.4 Å². The Bertz CT molecular complexity index is 3320. The number of hydrogen-bond donors (Lipinski definition) is 13. The SMILES string of the molecule is CCNC(=O)/N=C(/N)NCCC[C@@H](NC(=O)[C@@H](c1ccccc1)c1cccc(OCCCCNC(=O)[C@@H](CCc2ccc(-c3ccccc3)cc2)NC(=O)[C@@H](CN)NC(C=O)N2CCN(CC(=O)O)CCN(CC(=O)O)CCN(CC(=O)O)CC2)c1)C(=O)NCc1ccc(O)cc1. The first-order valence-electron chi connectivity index (χ1n) is 32.5. The Morgan fingerprint density at radius 3 is 1.69 bits per heavy atom. The Kier molecular flexibility index (Phi) is 32.4. The minimum Gasteiger partial charge on any atom is -0.508 e. The number of aliphatic carboxylic acids is 3. The standard InChI is InChI=1S/C69H92N14O14/c1-2-72-69(96)79-68(71)74-31-12-19-56(65(93)75-43-49-22-27-54(85)28-23-49)78-67(95)63(52-15-7-4-8-16-52)53-17-11-18-55(41-53)97-40-10-9-30-73-64(92)57(29-24-48-20-25-51(26-21-48)50-13-5-3-6-14-50)77-66(94)58(42-70)76-59(47-84)83-38-36-81(45-61(88)89)34-32-80(44-60(86)87)33-35-82(37-39-83)46-62(90)91/h3-8,11,13-18,20-23,25-28,41,47,56-59,63,76,85H,2,9-10,12,19,24,29-40,42-46,70H2,1H3,(H,73,92)(H,75,93)(H,77,94)(H,78,95)(H,86,87)(H,88,89)(H,90,91)(H4,71,72,74,79,96)/t56-,57-,58-,59?,63+/m1/s1. The molecule has 28 heteroatoms. The third-order valence-electron chi connectivity index (χ3n) is 16.1. The van der Waals surface area contributed by atoms with Gasteiger partial charge in [0.1, 0.15) is 35.8 Å². The Balaban J connectivity index is 1.11. The van der Waals surface area contributed by atoms with Gasteiger partial charge in [0, 0.05) is 85.1 Å². The van der Waals surface area contributed by atoms with E-state index < -0.39 is 77.8 Å². The van der Waals surface area contributed by atoms with Gasteiger partial charge in [-0.1, -0.05) is 109 Å². The molecule has 6 amide bonds. The molecule has 0 bridgehead atoms. The minimum absolute atomic E-state index is 0.0717. The van der Waals surface area contributed by atoms with Crippen LogP contribution in [0.5, 0.6) is 11.5 Å². The second-order valence-electron chi connectivity index (χ2n) is 23.4. The number of nitrogens with zero attached hydrogens (tertiary/aromatic N) is 5. The molecule has 28 nitrogen and oxygen atoms in total. The fraction of sp³-hybridized carbons (Fsp3) is 0.420. The highest BCUT2D eigenvalue weighted by molar-refractivity contribution is 5.93. The number of phenols is 1. The van der Waals surface area contributed by atoms with Gasteiger partial charge in [-0.3, -0.25) is 58.5 Å². The number of aryl methyl sites for hydroxylation is 1. The van der Waals surface area contributed by atoms with E-state index in [1.165, 1.54) is 12.1 Å². The Morgan fingerprint density at radius 2 is 1.10 bits per heavy atom. The summed E-state index contributed by atoms with van der Waals surface area (Å²) >= 11 is 0. The molecular weight excluding hydrogens is 1250 g/mol. The van der Waals surface area contributed by atoms with Crippen molar-refractivity contribution in [3.63, 3.8) is 0 Å². The molecule has 6 rings (SSSR count). The number of urea groups is 1. The van der Waals surface area contributed by atoms with Crippen LogP contribution in [0.2, 0.25) is 0 Å². The third kappa shape index (κ3) is 27.4. The van der Waals surface area contributed by atoms with Gasteiger partial charge in [0.2, 0.25) is 23.6 Å². The fourth-order valence-corrected chi connectivity index (χ4v) is 10.9. The topological polar surface area (TPSA) is 405 Å². The molecule has 97 heavy (non-hydrogen) atoms. The quantitative estimate of drug-likeness (QED) is 0.0117. The highest BCUT2D eigenvalue weighted by Crippen LogP contribution is 2.29. The summed E-state index contributed by atoms with van der Waals surface area (Å²) in [6.07, 6.45) is 1.40. The molecule has 1 aliphatic rings. The number of aldehydes is 1. The molecule has 0 aliphatic carbocycles. The third-order valence-corrected chi connectivity index (χ3v) is 16.1. The van der Waals surface area contributed by atoms with Gasteiger partial charge in [0.25, 0.3) is 0 Å². The smallest absolute Gasteiger partial charge is 0.344 e. The molecule has 522 valence electrons. The van der Waals surface area contributed by atoms with Gasteiger partial charge in [0.05, 0.1) is 32.2 Å². The second-order valence-corrected chi connectivity index (χ2v) is 23.4. The lowest BCUT2D eigenvalue weighted by Gasteiger charge is -2.36. The first-order valence-corrected chi connectivity index (χ1v) is 32.5. The van der Waals surface area contributed by atoms with Crippen molar-refractivity contribution in [1.29, 1.82) is 0 Å². The molecule has 0 spiro atoms. The maximum atomic E-state index is 14.6. The second kappa shape index (κ2) is 41.2. The van der Waals surface area contributed by atoms with Gasteiger partial charge in [0.15, 0.2) is 12.2 Å². The zero-order valence-electron chi connectivity index (χ0n) is 54.7. The van der Waals surface area contributed by atoms with Crippen LogP contribution in [0, 0.1) is 0 Å². The van der Waals surface area contributed by atoms with Crippen LogP contribution in [-0.4, -0.2) is 229 Å². The van der Waals surface area contributed by atoms with Crippen LogP contribution in [0.1, 0.15) is 67.2 Å². The summed E-state index contributed by atoms with van der Waals surface area (Å²) in [5.74, 6) is -5.85. The zero-order chi connectivity index (χ0) is 69.9. The lowest BCUT2D eigenvalue weighted by atomic mass is 9.90. The number of aliphatic imine (C=N–C) groups is 1. The number of carboxylic acid groups (broad SMARTS) is 3. The molecule has 1 saturated heterocycles. The molecule has 5 aromatic rings. The summed E-state index contributed by atoms with van der Waals surface area (Å²) in [5.41, 5.74) is 17.0. The first kappa shape index (κ1) is 76.2. The van der Waals surface area contributed by atoms with Crippen LogP contribution in [0.25, 0.3) is 11.1 Å². The van der Waals surface area contributed by atoms with E-state index in [4.69, 9.17) is 16.2 Å². The summed E-state index contributed by atoms with van der Waals surface area (Å²) in [6, 6.07) is 36.3. The van der Waals surface area contributed by atoms with Gasteiger partial charge in [-0.05, 0) is 103 Å². The summed E-state index contributed by atoms with van der Waals surface area (Å²) in [6.45, 7) is 2.50. The summed E-state index contributed by atoms with van der Waals surface area (Å²) in [4.78, 5) is 128. The number of ether oxygens (including phenoxy) is 1. The highest BCUT2D eigenvalue weighted by Gasteiger charge is 2.32. The lowest BCUT2D eigenvalue weighted by Crippen LogP contribution is -2.61. The maximum Gasteiger partial charge on any atom is 0.344 e. The maximum absolute atomic E-state index is 14.6. The van der Waals surface area contributed by atoms with Gasteiger partial charge in [-0.25, -0.2) is 4.79 Å². The molecule has 1 aliphatic heterocycles. The first-order chi connectivity index (χ1) is 46.8. The van der Waals surface area contributed by atoms with E-state index in [1.54, 1.807) is 62.9 Å². The van der Waals surface area contributed by atoms with E-state index >= 15 is 0 Å². The number of rotatable bonds is 36. The Hall–Kier alpha value is -9.84. The number of amides is 6. The molecule has 0 aromatic heterocycles. The van der Waals surface area contributed by atoms with Crippen LogP contribution in [-0.2, 0) is 51.3 Å². The molecule has 5 atom stereocenters. The lowest BCUT2D eigenvalue weighted by molar-refractivity contribution is -0.140. The average molecular weight is 1340 g/mol. The van der Waals surface area contributed by atoms with E-state index in [9.17, 15) is 63.6 Å². The van der Waals surface area contributed by atoms with Gasteiger partial charge in [-0.2, -0.15) is 4.99 Å². The summed E-state index contributed by atoms with van der Waals surface area (Å²) in [7, 11) is 0. The van der Waals surface area contributed by atoms with Crippen molar-refractivity contribution >= 4 is 59.8 Å². The summed E-state index contributed by atoms with van der Waals surface area (Å²) < 4.78 is 6.23. The average Bonchev–Trinajstić information content (AvgIpc) is 0.870. The van der Waals surface area contributed by atoms with Gasteiger partial charge in [-0.15, -0.1) is 0 Å². The Labute approximate surface area is 564 Å². The number of guanidine groups is 1. The number of hydrogen-bond acceptors (Lipinski definition) is 17. The highest BCUT2D eigenvalue weighted by atomic mass is 16.5. The van der Waals surface area contributed by atoms with Gasteiger partial charge >= 0.3 is 23.9 Å². The van der Waals surface area contributed by atoms with Crippen LogP contribution in [0.15, 0.2) is 138 Å². The molecule has 0 radical (unpaired) electrons. The molecule has 1 heterocycles.